The smallest absolute Gasteiger partial charge is 0.125 e. The lowest BCUT2D eigenvalue weighted by Crippen LogP contribution is -2.56. The molecule has 0 aromatic rings. The summed E-state index contributed by atoms with van der Waals surface area (Å²) < 4.78 is 0. The van der Waals surface area contributed by atoms with Crippen LogP contribution in [0, 0.1) is 5.41 Å². The predicted octanol–water partition coefficient (Wildman–Crippen LogP) is 1.18. The van der Waals surface area contributed by atoms with E-state index in [1.54, 1.807) is 0 Å². The predicted molar refractivity (Wildman–Crippen MR) is 59.6 cm³/mol. The Hall–Kier alpha value is -0.160. The summed E-state index contributed by atoms with van der Waals surface area (Å²) in [5.41, 5.74) is 2.09. The zero-order valence-corrected chi connectivity index (χ0v) is 10.0. The number of aliphatic hydroxyl groups excluding tert-OH is 1. The first-order valence-electron chi connectivity index (χ1n) is 5.78. The van der Waals surface area contributed by atoms with Crippen molar-refractivity contribution in [2.45, 2.75) is 52.3 Å². The van der Waals surface area contributed by atoms with Crippen LogP contribution < -0.4 is 5.48 Å². The second-order valence-corrected chi connectivity index (χ2v) is 5.48. The Morgan fingerprint density at radius 1 is 1.13 bits per heavy atom. The molecule has 1 rings (SSSR count). The number of hydrogen-bond acceptors (Lipinski definition) is 4. The molecule has 4 heteroatoms. The lowest BCUT2D eigenvalue weighted by molar-refractivity contribution is -0.0939. The van der Waals surface area contributed by atoms with Crippen LogP contribution in [-0.4, -0.2) is 40.6 Å². The van der Waals surface area contributed by atoms with Gasteiger partial charge in [-0.15, -0.1) is 0 Å². The van der Waals surface area contributed by atoms with Crippen LogP contribution in [0.1, 0.15) is 40.0 Å². The molecule has 4 nitrogen and oxygen atoms in total. The molecule has 1 aliphatic rings. The fourth-order valence-corrected chi connectivity index (χ4v) is 2.10. The summed E-state index contributed by atoms with van der Waals surface area (Å²) in [7, 11) is 0. The van der Waals surface area contributed by atoms with Gasteiger partial charge in [-0.05, 0) is 18.3 Å². The molecule has 3 N–H and O–H groups in total. The van der Waals surface area contributed by atoms with E-state index in [4.69, 9.17) is 5.21 Å². The molecule has 0 aromatic carbocycles. The molecule has 15 heavy (non-hydrogen) atoms. The van der Waals surface area contributed by atoms with Gasteiger partial charge in [-0.3, -0.25) is 4.90 Å². The van der Waals surface area contributed by atoms with E-state index < -0.39 is 6.23 Å². The molecule has 0 aliphatic carbocycles. The molecule has 1 fully saturated rings. The first-order chi connectivity index (χ1) is 6.96. The average Bonchev–Trinajstić information content (AvgIpc) is 2.18. The Morgan fingerprint density at radius 3 is 2.07 bits per heavy atom. The first kappa shape index (κ1) is 12.9. The number of nitrogens with zero attached hydrogens (tertiary/aromatic N) is 1. The highest BCUT2D eigenvalue weighted by atomic mass is 16.5. The van der Waals surface area contributed by atoms with E-state index >= 15 is 0 Å². The zero-order valence-electron chi connectivity index (χ0n) is 10.0. The Kier molecular flexibility index (Phi) is 4.52. The van der Waals surface area contributed by atoms with Crippen molar-refractivity contribution in [2.75, 3.05) is 13.1 Å². The molecule has 0 spiro atoms. The zero-order chi connectivity index (χ0) is 11.5. The minimum absolute atomic E-state index is 0.161. The number of rotatable bonds is 3. The van der Waals surface area contributed by atoms with Crippen molar-refractivity contribution in [3.8, 4) is 0 Å². The summed E-state index contributed by atoms with van der Waals surface area (Å²) in [6, 6.07) is -0.310. The molecular formula is C11H24N2O2. The maximum Gasteiger partial charge on any atom is 0.125 e. The highest BCUT2D eigenvalue weighted by Crippen LogP contribution is 2.24. The van der Waals surface area contributed by atoms with Gasteiger partial charge < -0.3 is 10.3 Å². The van der Waals surface area contributed by atoms with Crippen molar-refractivity contribution in [1.29, 1.82) is 0 Å². The number of likely N-dealkylation sites (tertiary alicyclic amines) is 1. The summed E-state index contributed by atoms with van der Waals surface area (Å²) in [6.45, 7) is 7.88. The number of hydroxylamine groups is 1. The minimum atomic E-state index is -0.602. The van der Waals surface area contributed by atoms with Gasteiger partial charge in [-0.1, -0.05) is 27.2 Å². The second-order valence-electron chi connectivity index (χ2n) is 5.48. The number of hydrogen-bond donors (Lipinski definition) is 3. The van der Waals surface area contributed by atoms with E-state index in [1.807, 2.05) is 25.7 Å². The van der Waals surface area contributed by atoms with E-state index in [0.29, 0.717) is 0 Å². The molecule has 1 heterocycles. The van der Waals surface area contributed by atoms with Crippen molar-refractivity contribution in [3.63, 3.8) is 0 Å². The lowest BCUT2D eigenvalue weighted by Gasteiger charge is -2.40. The molecule has 0 bridgehead atoms. The van der Waals surface area contributed by atoms with E-state index in [0.717, 1.165) is 25.9 Å². The molecule has 0 radical (unpaired) electrons. The molecule has 90 valence electrons. The number of piperidine rings is 1. The highest BCUT2D eigenvalue weighted by Gasteiger charge is 2.34. The summed E-state index contributed by atoms with van der Waals surface area (Å²) in [4.78, 5) is 2.04. The van der Waals surface area contributed by atoms with Crippen LogP contribution in [-0.2, 0) is 0 Å². The van der Waals surface area contributed by atoms with Crippen LogP contribution in [0.25, 0.3) is 0 Å². The molecule has 2 atom stereocenters. The van der Waals surface area contributed by atoms with Gasteiger partial charge in [0.05, 0.1) is 6.04 Å². The molecule has 0 aromatic heterocycles. The highest BCUT2D eigenvalue weighted by molar-refractivity contribution is 4.85. The maximum atomic E-state index is 10.2. The monoisotopic (exact) mass is 216 g/mol. The van der Waals surface area contributed by atoms with Crippen LogP contribution in [0.3, 0.4) is 0 Å². The minimum Gasteiger partial charge on any atom is -0.377 e. The quantitative estimate of drug-likeness (QED) is 0.620. The van der Waals surface area contributed by atoms with Gasteiger partial charge in [0.25, 0.3) is 0 Å². The largest absolute Gasteiger partial charge is 0.377 e. The van der Waals surface area contributed by atoms with Crippen LogP contribution in [0.5, 0.6) is 0 Å². The third-order valence-electron chi connectivity index (χ3n) is 3.14. The van der Waals surface area contributed by atoms with E-state index in [9.17, 15) is 5.11 Å². The van der Waals surface area contributed by atoms with Crippen LogP contribution in [0.2, 0.25) is 0 Å². The van der Waals surface area contributed by atoms with Gasteiger partial charge in [0.1, 0.15) is 6.23 Å². The normalized spacial score (nSPS) is 23.8. The fraction of sp³-hybridized carbons (Fsp3) is 1.00. The van der Waals surface area contributed by atoms with Crippen LogP contribution in [0.4, 0.5) is 0 Å². The Labute approximate surface area is 92.2 Å². The Balaban J connectivity index is 2.59. The topological polar surface area (TPSA) is 55.7 Å². The second kappa shape index (κ2) is 5.25. The average molecular weight is 216 g/mol. The summed E-state index contributed by atoms with van der Waals surface area (Å²) in [6.07, 6.45) is 2.92. The van der Waals surface area contributed by atoms with Crippen molar-refractivity contribution in [1.82, 2.24) is 10.4 Å². The van der Waals surface area contributed by atoms with Gasteiger partial charge in [-0.25, -0.2) is 0 Å². The van der Waals surface area contributed by atoms with Crippen molar-refractivity contribution < 1.29 is 10.3 Å². The van der Waals surface area contributed by atoms with E-state index in [2.05, 4.69) is 5.48 Å². The van der Waals surface area contributed by atoms with Gasteiger partial charge in [0.15, 0.2) is 0 Å². The molecule has 0 amide bonds. The maximum absolute atomic E-state index is 10.2. The molecule has 0 saturated carbocycles. The SMILES string of the molecule is CC(C)(C)C(NO)C(O)N1CCCCC1. The Bertz CT molecular complexity index is 186. The van der Waals surface area contributed by atoms with Crippen molar-refractivity contribution in [3.05, 3.63) is 0 Å². The molecule has 1 aliphatic heterocycles. The molecule has 2 unspecified atom stereocenters. The van der Waals surface area contributed by atoms with Crippen LogP contribution >= 0.6 is 0 Å². The van der Waals surface area contributed by atoms with Gasteiger partial charge in [0.2, 0.25) is 0 Å². The van der Waals surface area contributed by atoms with Gasteiger partial charge in [-0.2, -0.15) is 5.48 Å². The van der Waals surface area contributed by atoms with E-state index in [-0.39, 0.29) is 11.5 Å². The van der Waals surface area contributed by atoms with Crippen molar-refractivity contribution >= 4 is 0 Å². The molecular weight excluding hydrogens is 192 g/mol. The lowest BCUT2D eigenvalue weighted by atomic mass is 9.85. The fourth-order valence-electron chi connectivity index (χ4n) is 2.10. The van der Waals surface area contributed by atoms with Gasteiger partial charge in [0, 0.05) is 13.1 Å². The van der Waals surface area contributed by atoms with Crippen molar-refractivity contribution in [2.24, 2.45) is 5.41 Å². The number of aliphatic hydroxyl groups is 1. The van der Waals surface area contributed by atoms with Gasteiger partial charge >= 0.3 is 0 Å². The third kappa shape index (κ3) is 3.41. The molecule has 1 saturated heterocycles. The first-order valence-corrected chi connectivity index (χ1v) is 5.78. The third-order valence-corrected chi connectivity index (χ3v) is 3.14. The van der Waals surface area contributed by atoms with Crippen LogP contribution in [0.15, 0.2) is 0 Å². The summed E-state index contributed by atoms with van der Waals surface area (Å²) in [5, 5.41) is 19.3. The van der Waals surface area contributed by atoms with E-state index in [1.165, 1.54) is 6.42 Å². The summed E-state index contributed by atoms with van der Waals surface area (Å²) in [5.74, 6) is 0. The summed E-state index contributed by atoms with van der Waals surface area (Å²) >= 11 is 0. The number of nitrogens with one attached hydrogen (secondary N) is 1. The standard InChI is InChI=1S/C11H24N2O2/c1-11(2,3)9(12-15)10(14)13-7-5-4-6-8-13/h9-10,12,14-15H,4-8H2,1-3H3. The Morgan fingerprint density at radius 2 is 1.67 bits per heavy atom.